The predicted octanol–water partition coefficient (Wildman–Crippen LogP) is 0.921. The van der Waals surface area contributed by atoms with Gasteiger partial charge in [-0.1, -0.05) is 16.9 Å². The van der Waals surface area contributed by atoms with E-state index in [1.807, 2.05) is 0 Å². The molecular formula is C8H9N5OS. The molecule has 0 aromatic carbocycles. The fourth-order valence-electron chi connectivity index (χ4n) is 0.979. The third-order valence-electron chi connectivity index (χ3n) is 1.58. The second-order valence-electron chi connectivity index (χ2n) is 2.77. The summed E-state index contributed by atoms with van der Waals surface area (Å²) in [6.45, 7) is 0. The van der Waals surface area contributed by atoms with Crippen LogP contribution in [0.5, 0.6) is 0 Å². The summed E-state index contributed by atoms with van der Waals surface area (Å²) in [6.07, 6.45) is 1.59. The van der Waals surface area contributed by atoms with Gasteiger partial charge in [0.1, 0.15) is 17.4 Å². The fourth-order valence-corrected chi connectivity index (χ4v) is 1.74. The van der Waals surface area contributed by atoms with Crippen molar-refractivity contribution in [3.05, 3.63) is 24.1 Å². The first kappa shape index (κ1) is 9.78. The first-order valence-corrected chi connectivity index (χ1v) is 5.15. The maximum Gasteiger partial charge on any atom is 0.191 e. The minimum absolute atomic E-state index is 0.363. The average molecular weight is 223 g/mol. The second-order valence-corrected chi connectivity index (χ2v) is 3.71. The maximum atomic E-state index is 5.53. The molecule has 0 fully saturated rings. The normalized spacial score (nSPS) is 10.4. The molecule has 0 saturated heterocycles. The Hall–Kier alpha value is -1.76. The van der Waals surface area contributed by atoms with Crippen LogP contribution in [0.15, 0.2) is 28.0 Å². The van der Waals surface area contributed by atoms with Gasteiger partial charge >= 0.3 is 0 Å². The highest BCUT2D eigenvalue weighted by atomic mass is 32.2. The number of rotatable bonds is 3. The highest BCUT2D eigenvalue weighted by molar-refractivity contribution is 7.98. The molecule has 0 aliphatic carbocycles. The summed E-state index contributed by atoms with van der Waals surface area (Å²) in [5, 5.41) is 4.12. The number of nitrogen functional groups attached to an aromatic ring is 2. The SMILES string of the molecule is Nc1cc(N)nc(SCc2ccno2)n1. The van der Waals surface area contributed by atoms with E-state index in [0.29, 0.717) is 22.5 Å². The quantitative estimate of drug-likeness (QED) is 0.589. The van der Waals surface area contributed by atoms with Crippen molar-refractivity contribution in [2.75, 3.05) is 11.5 Å². The zero-order valence-electron chi connectivity index (χ0n) is 7.75. The Kier molecular flexibility index (Phi) is 2.72. The minimum atomic E-state index is 0.363. The van der Waals surface area contributed by atoms with Gasteiger partial charge in [0.05, 0.1) is 11.9 Å². The summed E-state index contributed by atoms with van der Waals surface area (Å²) in [5.41, 5.74) is 11.1. The third kappa shape index (κ3) is 2.59. The van der Waals surface area contributed by atoms with E-state index in [-0.39, 0.29) is 0 Å². The lowest BCUT2D eigenvalue weighted by atomic mass is 10.5. The Morgan fingerprint density at radius 2 is 2.00 bits per heavy atom. The topological polar surface area (TPSA) is 104 Å². The predicted molar refractivity (Wildman–Crippen MR) is 56.9 cm³/mol. The van der Waals surface area contributed by atoms with Gasteiger partial charge < -0.3 is 16.0 Å². The Labute approximate surface area is 90.1 Å². The van der Waals surface area contributed by atoms with Crippen molar-refractivity contribution < 1.29 is 4.52 Å². The lowest BCUT2D eigenvalue weighted by molar-refractivity contribution is 0.395. The highest BCUT2D eigenvalue weighted by Gasteiger charge is 2.03. The molecule has 0 aliphatic rings. The van der Waals surface area contributed by atoms with Crippen LogP contribution < -0.4 is 11.5 Å². The van der Waals surface area contributed by atoms with E-state index >= 15 is 0 Å². The minimum Gasteiger partial charge on any atom is -0.383 e. The number of hydrogen-bond donors (Lipinski definition) is 2. The largest absolute Gasteiger partial charge is 0.383 e. The summed E-state index contributed by atoms with van der Waals surface area (Å²) in [7, 11) is 0. The molecule has 0 spiro atoms. The molecule has 2 aromatic heterocycles. The van der Waals surface area contributed by atoms with Crippen molar-refractivity contribution in [2.45, 2.75) is 10.9 Å². The number of hydrogen-bond acceptors (Lipinski definition) is 7. The van der Waals surface area contributed by atoms with Crippen molar-refractivity contribution >= 4 is 23.4 Å². The molecule has 0 amide bonds. The summed E-state index contributed by atoms with van der Waals surface area (Å²) >= 11 is 1.39. The average Bonchev–Trinajstić information content (AvgIpc) is 2.65. The van der Waals surface area contributed by atoms with E-state index in [2.05, 4.69) is 15.1 Å². The van der Waals surface area contributed by atoms with Crippen molar-refractivity contribution in [2.24, 2.45) is 0 Å². The van der Waals surface area contributed by atoms with Gasteiger partial charge in [0.15, 0.2) is 5.16 Å². The van der Waals surface area contributed by atoms with Gasteiger partial charge in [0.2, 0.25) is 0 Å². The molecule has 2 aromatic rings. The Morgan fingerprint density at radius 1 is 1.27 bits per heavy atom. The van der Waals surface area contributed by atoms with E-state index < -0.39 is 0 Å². The summed E-state index contributed by atoms with van der Waals surface area (Å²) in [4.78, 5) is 8.04. The first-order valence-electron chi connectivity index (χ1n) is 4.16. The molecule has 0 unspecified atom stereocenters. The van der Waals surface area contributed by atoms with E-state index in [1.54, 1.807) is 12.3 Å². The van der Waals surface area contributed by atoms with E-state index in [0.717, 1.165) is 5.76 Å². The monoisotopic (exact) mass is 223 g/mol. The van der Waals surface area contributed by atoms with Crippen LogP contribution >= 0.6 is 11.8 Å². The lowest BCUT2D eigenvalue weighted by Gasteiger charge is -2.00. The van der Waals surface area contributed by atoms with Crippen LogP contribution in [0.2, 0.25) is 0 Å². The fraction of sp³-hybridized carbons (Fsp3) is 0.125. The highest BCUT2D eigenvalue weighted by Crippen LogP contribution is 2.20. The summed E-state index contributed by atoms with van der Waals surface area (Å²) in [5.74, 6) is 2.08. The number of thioether (sulfide) groups is 1. The Morgan fingerprint density at radius 3 is 2.60 bits per heavy atom. The van der Waals surface area contributed by atoms with E-state index in [1.165, 1.54) is 17.8 Å². The van der Waals surface area contributed by atoms with Crippen molar-refractivity contribution in [3.8, 4) is 0 Å². The van der Waals surface area contributed by atoms with E-state index in [9.17, 15) is 0 Å². The molecule has 7 heteroatoms. The lowest BCUT2D eigenvalue weighted by Crippen LogP contribution is -1.99. The van der Waals surface area contributed by atoms with Gasteiger partial charge in [0.25, 0.3) is 0 Å². The number of aromatic nitrogens is 3. The van der Waals surface area contributed by atoms with Gasteiger partial charge in [-0.3, -0.25) is 0 Å². The van der Waals surface area contributed by atoms with Gasteiger partial charge in [0, 0.05) is 12.1 Å². The molecule has 0 atom stereocenters. The molecule has 0 radical (unpaired) electrons. The van der Waals surface area contributed by atoms with Gasteiger partial charge in [-0.05, 0) is 0 Å². The molecule has 4 N–H and O–H groups in total. The van der Waals surface area contributed by atoms with Crippen LogP contribution in [0.4, 0.5) is 11.6 Å². The molecule has 15 heavy (non-hydrogen) atoms. The standard InChI is InChI=1S/C8H9N5OS/c9-6-3-7(10)13-8(12-6)15-4-5-1-2-11-14-5/h1-3H,4H2,(H4,9,10,12,13). The molecule has 0 aliphatic heterocycles. The van der Waals surface area contributed by atoms with Crippen LogP contribution in [-0.4, -0.2) is 15.1 Å². The first-order chi connectivity index (χ1) is 7.24. The Bertz CT molecular complexity index is 424. The van der Waals surface area contributed by atoms with Crippen molar-refractivity contribution in [3.63, 3.8) is 0 Å². The molecule has 0 bridgehead atoms. The maximum absolute atomic E-state index is 5.53. The van der Waals surface area contributed by atoms with Gasteiger partial charge in [-0.25, -0.2) is 9.97 Å². The van der Waals surface area contributed by atoms with Gasteiger partial charge in [-0.2, -0.15) is 0 Å². The molecule has 2 rings (SSSR count). The molecule has 78 valence electrons. The summed E-state index contributed by atoms with van der Waals surface area (Å²) in [6, 6.07) is 3.29. The van der Waals surface area contributed by atoms with Crippen LogP contribution in [0.25, 0.3) is 0 Å². The number of anilines is 2. The molecular weight excluding hydrogens is 214 g/mol. The van der Waals surface area contributed by atoms with Crippen molar-refractivity contribution in [1.29, 1.82) is 0 Å². The van der Waals surface area contributed by atoms with Crippen LogP contribution in [-0.2, 0) is 5.75 Å². The molecule has 6 nitrogen and oxygen atoms in total. The van der Waals surface area contributed by atoms with Crippen molar-refractivity contribution in [1.82, 2.24) is 15.1 Å². The second kappa shape index (κ2) is 4.18. The van der Waals surface area contributed by atoms with Gasteiger partial charge in [-0.15, -0.1) is 0 Å². The van der Waals surface area contributed by atoms with Crippen LogP contribution in [0, 0.1) is 0 Å². The molecule has 0 saturated carbocycles. The Balaban J connectivity index is 2.05. The van der Waals surface area contributed by atoms with Crippen LogP contribution in [0.3, 0.4) is 0 Å². The molecule has 2 heterocycles. The van der Waals surface area contributed by atoms with E-state index in [4.69, 9.17) is 16.0 Å². The summed E-state index contributed by atoms with van der Waals surface area (Å²) < 4.78 is 4.93. The zero-order chi connectivity index (χ0) is 10.7. The zero-order valence-corrected chi connectivity index (χ0v) is 8.57. The third-order valence-corrected chi connectivity index (χ3v) is 2.45. The number of nitrogens with two attached hydrogens (primary N) is 2. The number of nitrogens with zero attached hydrogens (tertiary/aromatic N) is 3. The smallest absolute Gasteiger partial charge is 0.191 e. The van der Waals surface area contributed by atoms with Crippen LogP contribution in [0.1, 0.15) is 5.76 Å².